The number of carbonyl (C=O) groups is 2. The summed E-state index contributed by atoms with van der Waals surface area (Å²) in [6.45, 7) is -0.666. The molecule has 0 spiro atoms. The first-order chi connectivity index (χ1) is 9.50. The lowest BCUT2D eigenvalue weighted by Crippen LogP contribution is -2.25. The summed E-state index contributed by atoms with van der Waals surface area (Å²) in [6, 6.07) is 8.94. The lowest BCUT2D eigenvalue weighted by atomic mass is 10.1. The van der Waals surface area contributed by atoms with Gasteiger partial charge in [-0.1, -0.05) is 30.3 Å². The van der Waals surface area contributed by atoms with E-state index in [1.807, 2.05) is 6.07 Å². The molecule has 0 heterocycles. The summed E-state index contributed by atoms with van der Waals surface area (Å²) in [6.07, 6.45) is -0.985. The maximum Gasteiger partial charge on any atom is 0.329 e. The Bertz CT molecular complexity index is 436. The standard InChI is InChI=1S/C13H16O6S/c14-10(6-19-7-11(15)16)13(20-8-12(17)18)9-4-2-1-3-5-9/h1-5,10,13-14H,6-8H2,(H,15,16)(H,17,18). The Morgan fingerprint density at radius 1 is 1.15 bits per heavy atom. The van der Waals surface area contributed by atoms with E-state index in [1.54, 1.807) is 24.3 Å². The number of rotatable bonds is 9. The van der Waals surface area contributed by atoms with Crippen LogP contribution in [0.2, 0.25) is 0 Å². The Labute approximate surface area is 120 Å². The molecule has 0 aliphatic rings. The molecule has 0 saturated carbocycles. The van der Waals surface area contributed by atoms with Crippen LogP contribution >= 0.6 is 11.8 Å². The highest BCUT2D eigenvalue weighted by Gasteiger charge is 2.23. The van der Waals surface area contributed by atoms with Gasteiger partial charge in [-0.3, -0.25) is 4.79 Å². The van der Waals surface area contributed by atoms with Crippen molar-refractivity contribution in [3.05, 3.63) is 35.9 Å². The van der Waals surface area contributed by atoms with Crippen molar-refractivity contribution in [3.8, 4) is 0 Å². The highest BCUT2D eigenvalue weighted by atomic mass is 32.2. The van der Waals surface area contributed by atoms with Crippen molar-refractivity contribution in [3.63, 3.8) is 0 Å². The van der Waals surface area contributed by atoms with E-state index in [-0.39, 0.29) is 12.4 Å². The second kappa shape index (κ2) is 8.57. The Balaban J connectivity index is 2.66. The van der Waals surface area contributed by atoms with Crippen LogP contribution in [0.5, 0.6) is 0 Å². The molecule has 0 amide bonds. The van der Waals surface area contributed by atoms with E-state index < -0.39 is 29.9 Å². The molecule has 1 rings (SSSR count). The number of aliphatic hydroxyl groups excluding tert-OH is 1. The van der Waals surface area contributed by atoms with Gasteiger partial charge in [0.2, 0.25) is 0 Å². The minimum absolute atomic E-state index is 0.157. The zero-order valence-corrected chi connectivity index (χ0v) is 11.5. The van der Waals surface area contributed by atoms with Crippen molar-refractivity contribution in [2.24, 2.45) is 0 Å². The van der Waals surface area contributed by atoms with Gasteiger partial charge < -0.3 is 20.1 Å². The molecule has 1 aromatic carbocycles. The Morgan fingerprint density at radius 2 is 1.80 bits per heavy atom. The molecular weight excluding hydrogens is 284 g/mol. The minimum Gasteiger partial charge on any atom is -0.481 e. The van der Waals surface area contributed by atoms with Crippen molar-refractivity contribution in [2.45, 2.75) is 11.4 Å². The number of carboxylic acids is 2. The number of hydrogen-bond acceptors (Lipinski definition) is 5. The van der Waals surface area contributed by atoms with Crippen LogP contribution in [0, 0.1) is 0 Å². The second-order valence-corrected chi connectivity index (χ2v) is 5.14. The van der Waals surface area contributed by atoms with Gasteiger partial charge in [0, 0.05) is 0 Å². The van der Waals surface area contributed by atoms with E-state index in [2.05, 4.69) is 0 Å². The molecule has 3 N–H and O–H groups in total. The summed E-state index contributed by atoms with van der Waals surface area (Å²) in [5, 5.41) is 26.8. The minimum atomic E-state index is -1.12. The van der Waals surface area contributed by atoms with Crippen molar-refractivity contribution < 1.29 is 29.6 Å². The molecule has 0 aromatic heterocycles. The molecule has 0 aliphatic heterocycles. The highest BCUT2D eigenvalue weighted by Crippen LogP contribution is 2.32. The predicted molar refractivity (Wildman–Crippen MR) is 73.7 cm³/mol. The Morgan fingerprint density at radius 3 is 2.35 bits per heavy atom. The van der Waals surface area contributed by atoms with Crippen LogP contribution in [0.4, 0.5) is 0 Å². The average molecular weight is 300 g/mol. The van der Waals surface area contributed by atoms with Crippen LogP contribution < -0.4 is 0 Å². The zero-order chi connectivity index (χ0) is 15.0. The first-order valence-corrected chi connectivity index (χ1v) is 6.91. The summed E-state index contributed by atoms with van der Waals surface area (Å²) in [5.41, 5.74) is 0.769. The van der Waals surface area contributed by atoms with Crippen LogP contribution in [0.15, 0.2) is 30.3 Å². The lowest BCUT2D eigenvalue weighted by molar-refractivity contribution is -0.143. The third-order valence-electron chi connectivity index (χ3n) is 2.38. The molecule has 7 heteroatoms. The van der Waals surface area contributed by atoms with Gasteiger partial charge in [-0.2, -0.15) is 0 Å². The summed E-state index contributed by atoms with van der Waals surface area (Å²) in [5.74, 6) is -2.25. The molecule has 110 valence electrons. The van der Waals surface area contributed by atoms with Crippen molar-refractivity contribution in [1.29, 1.82) is 0 Å². The monoisotopic (exact) mass is 300 g/mol. The van der Waals surface area contributed by atoms with Gasteiger partial charge in [-0.05, 0) is 5.56 Å². The number of hydrogen-bond donors (Lipinski definition) is 3. The molecule has 0 bridgehead atoms. The van der Waals surface area contributed by atoms with E-state index in [0.717, 1.165) is 17.3 Å². The van der Waals surface area contributed by atoms with Crippen LogP contribution in [-0.4, -0.2) is 52.3 Å². The van der Waals surface area contributed by atoms with Gasteiger partial charge in [-0.25, -0.2) is 4.79 Å². The van der Waals surface area contributed by atoms with Crippen molar-refractivity contribution in [2.75, 3.05) is 19.0 Å². The van der Waals surface area contributed by atoms with Gasteiger partial charge in [0.25, 0.3) is 0 Å². The molecule has 2 unspecified atom stereocenters. The SMILES string of the molecule is O=C(O)COCC(O)C(SCC(=O)O)c1ccccc1. The third-order valence-corrected chi connectivity index (χ3v) is 3.74. The summed E-state index contributed by atoms with van der Waals surface area (Å²) >= 11 is 1.07. The van der Waals surface area contributed by atoms with Gasteiger partial charge in [0.15, 0.2) is 0 Å². The number of benzene rings is 1. The van der Waals surface area contributed by atoms with Gasteiger partial charge in [-0.15, -0.1) is 11.8 Å². The fourth-order valence-electron chi connectivity index (χ4n) is 1.59. The zero-order valence-electron chi connectivity index (χ0n) is 10.6. The molecule has 2 atom stereocenters. The van der Waals surface area contributed by atoms with Gasteiger partial charge >= 0.3 is 11.9 Å². The number of carboxylic acid groups (broad SMARTS) is 2. The van der Waals surface area contributed by atoms with Gasteiger partial charge in [0.1, 0.15) is 6.61 Å². The van der Waals surface area contributed by atoms with E-state index in [1.165, 1.54) is 0 Å². The normalized spacial score (nSPS) is 13.7. The molecule has 0 radical (unpaired) electrons. The molecule has 6 nitrogen and oxygen atoms in total. The molecule has 0 fully saturated rings. The average Bonchev–Trinajstić information content (AvgIpc) is 2.39. The smallest absolute Gasteiger partial charge is 0.329 e. The Hall–Kier alpha value is -1.57. The highest BCUT2D eigenvalue weighted by molar-refractivity contribution is 8.00. The molecular formula is C13H16O6S. The fourth-order valence-corrected chi connectivity index (χ4v) is 2.56. The molecule has 0 saturated heterocycles. The van der Waals surface area contributed by atoms with E-state index in [4.69, 9.17) is 14.9 Å². The second-order valence-electron chi connectivity index (χ2n) is 4.01. The van der Waals surface area contributed by atoms with Crippen LogP contribution in [0.3, 0.4) is 0 Å². The maximum absolute atomic E-state index is 10.6. The first-order valence-electron chi connectivity index (χ1n) is 5.86. The molecule has 20 heavy (non-hydrogen) atoms. The third kappa shape index (κ3) is 6.05. The van der Waals surface area contributed by atoms with E-state index in [0.29, 0.717) is 0 Å². The number of aliphatic hydroxyl groups is 1. The van der Waals surface area contributed by atoms with E-state index in [9.17, 15) is 14.7 Å². The van der Waals surface area contributed by atoms with Crippen molar-refractivity contribution >= 4 is 23.7 Å². The summed E-state index contributed by atoms with van der Waals surface area (Å²) < 4.78 is 4.86. The predicted octanol–water partition coefficient (Wildman–Crippen LogP) is 1.01. The van der Waals surface area contributed by atoms with E-state index >= 15 is 0 Å². The summed E-state index contributed by atoms with van der Waals surface area (Å²) in [7, 11) is 0. The Kier molecular flexibility index (Phi) is 7.06. The lowest BCUT2D eigenvalue weighted by Gasteiger charge is -2.22. The van der Waals surface area contributed by atoms with Crippen LogP contribution in [0.1, 0.15) is 10.8 Å². The molecule has 0 aliphatic carbocycles. The number of aliphatic carboxylic acids is 2. The van der Waals surface area contributed by atoms with Gasteiger partial charge in [0.05, 0.1) is 23.7 Å². The maximum atomic E-state index is 10.6. The first kappa shape index (κ1) is 16.5. The van der Waals surface area contributed by atoms with Crippen LogP contribution in [0.25, 0.3) is 0 Å². The number of thioether (sulfide) groups is 1. The fraction of sp³-hybridized carbons (Fsp3) is 0.385. The topological polar surface area (TPSA) is 104 Å². The number of ether oxygens (including phenoxy) is 1. The summed E-state index contributed by atoms with van der Waals surface area (Å²) in [4.78, 5) is 21.0. The van der Waals surface area contributed by atoms with Crippen molar-refractivity contribution in [1.82, 2.24) is 0 Å². The molecule has 1 aromatic rings. The largest absolute Gasteiger partial charge is 0.481 e. The quantitative estimate of drug-likeness (QED) is 0.625. The van der Waals surface area contributed by atoms with Crippen LogP contribution in [-0.2, 0) is 14.3 Å².